The molecule has 0 saturated heterocycles. The van der Waals surface area contributed by atoms with E-state index < -0.39 is 0 Å². The Kier molecular flexibility index (Phi) is 5.06. The molecular weight excluding hydrogens is 422 g/mol. The van der Waals surface area contributed by atoms with Gasteiger partial charge in [0, 0.05) is 18.7 Å². The first-order valence-corrected chi connectivity index (χ1v) is 13.5. The van der Waals surface area contributed by atoms with Crippen molar-refractivity contribution in [2.24, 2.45) is 34.5 Å². The number of aliphatic hydroxyl groups excluding tert-OH is 1. The molecular formula is C30H41NO3. The van der Waals surface area contributed by atoms with Crippen molar-refractivity contribution >= 4 is 11.6 Å². The molecule has 3 fully saturated rings. The van der Waals surface area contributed by atoms with Gasteiger partial charge in [-0.05, 0) is 109 Å². The normalized spacial score (nSPS) is 44.7. The lowest BCUT2D eigenvalue weighted by atomic mass is 9.47. The Morgan fingerprint density at radius 2 is 1.97 bits per heavy atom. The predicted molar refractivity (Wildman–Crippen MR) is 135 cm³/mol. The summed E-state index contributed by atoms with van der Waals surface area (Å²) in [5.74, 6) is 3.98. The molecule has 1 N–H and O–H groups in total. The van der Waals surface area contributed by atoms with Gasteiger partial charge in [-0.25, -0.2) is 0 Å². The summed E-state index contributed by atoms with van der Waals surface area (Å²) in [4.78, 5) is 15.2. The van der Waals surface area contributed by atoms with Gasteiger partial charge >= 0.3 is 0 Å². The zero-order chi connectivity index (χ0) is 24.0. The summed E-state index contributed by atoms with van der Waals surface area (Å²) in [5, 5.41) is 10.3. The van der Waals surface area contributed by atoms with E-state index in [1.54, 1.807) is 14.0 Å². The van der Waals surface area contributed by atoms with Crippen molar-refractivity contribution < 1.29 is 14.6 Å². The molecule has 0 bridgehead atoms. The molecule has 1 heterocycles. The number of allylic oxidation sites excluding steroid dienone is 1. The molecule has 34 heavy (non-hydrogen) atoms. The summed E-state index contributed by atoms with van der Waals surface area (Å²) in [7, 11) is 1.73. The third-order valence-electron chi connectivity index (χ3n) is 11.4. The molecule has 184 valence electrons. The number of ether oxygens (including phenoxy) is 1. The van der Waals surface area contributed by atoms with E-state index in [1.165, 1.54) is 24.0 Å². The molecule has 0 spiro atoms. The number of nitrogens with zero attached hydrogens (tertiary/aromatic N) is 1. The van der Waals surface area contributed by atoms with Gasteiger partial charge in [0.2, 0.25) is 5.91 Å². The Morgan fingerprint density at radius 1 is 1.18 bits per heavy atom. The van der Waals surface area contributed by atoms with E-state index in [0.29, 0.717) is 29.6 Å². The van der Waals surface area contributed by atoms with Crippen LogP contribution in [0.4, 0.5) is 5.69 Å². The number of hydrogen-bond acceptors (Lipinski definition) is 3. The number of carbonyl (C=O) groups excluding carboxylic acids is 1. The molecule has 6 rings (SSSR count). The van der Waals surface area contributed by atoms with Crippen LogP contribution >= 0.6 is 0 Å². The molecule has 5 aliphatic rings. The number of fused-ring (bicyclic) bond motifs is 8. The highest BCUT2D eigenvalue weighted by atomic mass is 16.5. The highest BCUT2D eigenvalue weighted by Gasteiger charge is 2.64. The number of carbonyl (C=O) groups is 1. The molecule has 9 atom stereocenters. The Balaban J connectivity index is 1.41. The molecule has 1 aromatic carbocycles. The first kappa shape index (κ1) is 22.6. The van der Waals surface area contributed by atoms with Gasteiger partial charge < -0.3 is 14.7 Å². The monoisotopic (exact) mass is 463 g/mol. The quantitative estimate of drug-likeness (QED) is 0.513. The van der Waals surface area contributed by atoms with Gasteiger partial charge in [-0.2, -0.15) is 0 Å². The van der Waals surface area contributed by atoms with Crippen LogP contribution < -0.4 is 9.64 Å². The van der Waals surface area contributed by atoms with Crippen LogP contribution in [0, 0.1) is 34.5 Å². The van der Waals surface area contributed by atoms with Gasteiger partial charge in [0.1, 0.15) is 5.75 Å². The summed E-state index contributed by atoms with van der Waals surface area (Å²) in [6, 6.07) is 6.58. The van der Waals surface area contributed by atoms with Crippen molar-refractivity contribution in [3.8, 4) is 5.75 Å². The van der Waals surface area contributed by atoms with Crippen LogP contribution in [0.3, 0.4) is 0 Å². The number of hydrogen-bond donors (Lipinski definition) is 1. The number of methoxy groups -OCH3 is 1. The maximum Gasteiger partial charge on any atom is 0.224 e. The fourth-order valence-corrected chi connectivity index (χ4v) is 9.88. The van der Waals surface area contributed by atoms with Crippen LogP contribution in [0.1, 0.15) is 84.1 Å². The molecule has 1 aromatic rings. The number of aliphatic hydroxyl groups is 1. The third kappa shape index (κ3) is 2.90. The molecule has 4 aliphatic carbocycles. The Morgan fingerprint density at radius 3 is 2.71 bits per heavy atom. The Hall–Kier alpha value is -1.81. The fraction of sp³-hybridized carbons (Fsp3) is 0.700. The topological polar surface area (TPSA) is 49.8 Å². The molecule has 0 aromatic heterocycles. The highest BCUT2D eigenvalue weighted by molar-refractivity contribution is 5.94. The van der Waals surface area contributed by atoms with Crippen LogP contribution in [-0.2, 0) is 4.79 Å². The molecule has 1 amide bonds. The average Bonchev–Trinajstić information content (AvgIpc) is 3.12. The molecule has 3 saturated carbocycles. The molecule has 0 unspecified atom stereocenters. The summed E-state index contributed by atoms with van der Waals surface area (Å²) in [6.07, 6.45) is 10.1. The van der Waals surface area contributed by atoms with Crippen LogP contribution in [-0.4, -0.2) is 30.3 Å². The van der Waals surface area contributed by atoms with E-state index in [1.807, 2.05) is 6.07 Å². The summed E-state index contributed by atoms with van der Waals surface area (Å²) >= 11 is 0. The van der Waals surface area contributed by atoms with E-state index in [4.69, 9.17) is 4.74 Å². The van der Waals surface area contributed by atoms with Gasteiger partial charge in [0.25, 0.3) is 0 Å². The smallest absolute Gasteiger partial charge is 0.224 e. The Labute approximate surface area is 204 Å². The van der Waals surface area contributed by atoms with E-state index in [0.717, 1.165) is 43.5 Å². The minimum Gasteiger partial charge on any atom is -0.497 e. The lowest BCUT2D eigenvalue weighted by molar-refractivity contribution is -0.117. The zero-order valence-electron chi connectivity index (χ0n) is 21.5. The SMILES string of the molecule is COc1ccc2c(c1)[C@@H](C)[C@H]1[C@H](C[C@H]3[C@@H]4CC=C5C[C@@H](O)CC[C@]5(C)[C@H]4CC[C@]13C)N2C(C)=O. The van der Waals surface area contributed by atoms with E-state index in [2.05, 4.69) is 43.9 Å². The van der Waals surface area contributed by atoms with E-state index in [-0.39, 0.29) is 28.9 Å². The minimum absolute atomic E-state index is 0.153. The second kappa shape index (κ2) is 7.59. The van der Waals surface area contributed by atoms with Crippen molar-refractivity contribution in [1.82, 2.24) is 0 Å². The standard InChI is InChI=1S/C30H41NO3/c1-17-23-15-21(34-5)7-9-26(23)31(18(2)32)27-16-25-22-8-6-19-14-20(33)10-12-29(19,3)24(22)11-13-30(25,4)28(17)27/h6-7,9,15,17,20,22,24-25,27-28,33H,8,10-14,16H2,1-5H3/t17-,20+,22-,24+,25+,27+,28+,29+,30+/m1/s1. The van der Waals surface area contributed by atoms with Crippen molar-refractivity contribution in [2.45, 2.75) is 90.7 Å². The summed E-state index contributed by atoms with van der Waals surface area (Å²) in [6.45, 7) is 9.21. The van der Waals surface area contributed by atoms with Crippen molar-refractivity contribution in [3.63, 3.8) is 0 Å². The lowest BCUT2D eigenvalue weighted by Crippen LogP contribution is -2.52. The van der Waals surface area contributed by atoms with Gasteiger partial charge in [0.15, 0.2) is 0 Å². The van der Waals surface area contributed by atoms with Gasteiger partial charge in [-0.15, -0.1) is 0 Å². The van der Waals surface area contributed by atoms with Crippen LogP contribution in [0.25, 0.3) is 0 Å². The van der Waals surface area contributed by atoms with Gasteiger partial charge in [0.05, 0.1) is 13.2 Å². The number of anilines is 1. The number of amides is 1. The number of benzene rings is 1. The van der Waals surface area contributed by atoms with E-state index in [9.17, 15) is 9.90 Å². The highest BCUT2D eigenvalue weighted by Crippen LogP contribution is 2.69. The van der Waals surface area contributed by atoms with E-state index >= 15 is 0 Å². The average molecular weight is 464 g/mol. The maximum atomic E-state index is 13.1. The molecule has 0 radical (unpaired) electrons. The molecule has 1 aliphatic heterocycles. The van der Waals surface area contributed by atoms with Crippen molar-refractivity contribution in [3.05, 3.63) is 35.4 Å². The first-order chi connectivity index (χ1) is 16.2. The minimum atomic E-state index is -0.153. The summed E-state index contributed by atoms with van der Waals surface area (Å²) < 4.78 is 5.58. The first-order valence-electron chi connectivity index (χ1n) is 13.5. The van der Waals surface area contributed by atoms with Crippen LogP contribution in [0.5, 0.6) is 5.75 Å². The van der Waals surface area contributed by atoms with Crippen LogP contribution in [0.2, 0.25) is 0 Å². The Bertz CT molecular complexity index is 1050. The molecule has 4 heteroatoms. The van der Waals surface area contributed by atoms with Gasteiger partial charge in [-0.3, -0.25) is 4.79 Å². The summed E-state index contributed by atoms with van der Waals surface area (Å²) in [5.41, 5.74) is 4.40. The predicted octanol–water partition coefficient (Wildman–Crippen LogP) is 6.08. The third-order valence-corrected chi connectivity index (χ3v) is 11.4. The lowest BCUT2D eigenvalue weighted by Gasteiger charge is -2.58. The number of rotatable bonds is 1. The van der Waals surface area contributed by atoms with Crippen LogP contribution in [0.15, 0.2) is 29.8 Å². The van der Waals surface area contributed by atoms with Crippen molar-refractivity contribution in [1.29, 1.82) is 0 Å². The zero-order valence-corrected chi connectivity index (χ0v) is 21.5. The second-order valence-electron chi connectivity index (χ2n) is 12.6. The largest absolute Gasteiger partial charge is 0.497 e. The maximum absolute atomic E-state index is 13.1. The van der Waals surface area contributed by atoms with Crippen molar-refractivity contribution in [2.75, 3.05) is 12.0 Å². The fourth-order valence-electron chi connectivity index (χ4n) is 9.88. The second-order valence-corrected chi connectivity index (χ2v) is 12.6. The van der Waals surface area contributed by atoms with Gasteiger partial charge in [-0.1, -0.05) is 32.4 Å². The molecule has 4 nitrogen and oxygen atoms in total.